The molecule has 0 aromatic carbocycles. The average molecular weight is 249 g/mol. The summed E-state index contributed by atoms with van der Waals surface area (Å²) >= 11 is 0. The number of hydrogen-bond donors (Lipinski definition) is 1. The number of nitrogens with one attached hydrogen (secondary N) is 1. The van der Waals surface area contributed by atoms with E-state index in [1.54, 1.807) is 6.20 Å². The fourth-order valence-corrected chi connectivity index (χ4v) is 1.76. The van der Waals surface area contributed by atoms with E-state index < -0.39 is 0 Å². The van der Waals surface area contributed by atoms with Crippen molar-refractivity contribution in [3.05, 3.63) is 24.0 Å². The number of aromatic nitrogens is 1. The van der Waals surface area contributed by atoms with E-state index in [1.165, 1.54) is 0 Å². The molecule has 1 aromatic heterocycles. The quantitative estimate of drug-likeness (QED) is 0.808. The molecule has 0 saturated heterocycles. The van der Waals surface area contributed by atoms with Crippen LogP contribution in [0, 0.1) is 0 Å². The van der Waals surface area contributed by atoms with E-state index in [0.29, 0.717) is 5.69 Å². The number of rotatable bonds is 7. The topological polar surface area (TPSA) is 45.2 Å². The fourth-order valence-electron chi connectivity index (χ4n) is 1.76. The van der Waals surface area contributed by atoms with E-state index >= 15 is 0 Å². The molecule has 1 N–H and O–H groups in total. The first-order chi connectivity index (χ1) is 8.72. The van der Waals surface area contributed by atoms with Crippen LogP contribution in [0.15, 0.2) is 18.3 Å². The van der Waals surface area contributed by atoms with Crippen molar-refractivity contribution in [2.75, 3.05) is 25.0 Å². The number of carbonyl (C=O) groups excluding carboxylic acids is 1. The number of pyridine rings is 1. The number of anilines is 1. The van der Waals surface area contributed by atoms with Gasteiger partial charge in [0.25, 0.3) is 5.91 Å². The third kappa shape index (κ3) is 4.02. The molecule has 100 valence electrons. The lowest BCUT2D eigenvalue weighted by atomic mass is 10.2. The second-order valence-corrected chi connectivity index (χ2v) is 4.24. The van der Waals surface area contributed by atoms with Crippen molar-refractivity contribution < 1.29 is 4.79 Å². The SMILES string of the molecule is CCCNc1ccnc(C(=O)N(CC)CCC)c1. The molecule has 0 radical (unpaired) electrons. The molecular formula is C14H23N3O. The second-order valence-electron chi connectivity index (χ2n) is 4.24. The van der Waals surface area contributed by atoms with Gasteiger partial charge in [0.15, 0.2) is 0 Å². The average Bonchev–Trinajstić information content (AvgIpc) is 2.42. The Morgan fingerprint density at radius 1 is 1.33 bits per heavy atom. The van der Waals surface area contributed by atoms with Crippen molar-refractivity contribution >= 4 is 11.6 Å². The number of carbonyl (C=O) groups is 1. The molecule has 0 spiro atoms. The molecule has 0 aliphatic rings. The van der Waals surface area contributed by atoms with E-state index in [1.807, 2.05) is 24.0 Å². The smallest absolute Gasteiger partial charge is 0.272 e. The minimum atomic E-state index is 0.0134. The highest BCUT2D eigenvalue weighted by atomic mass is 16.2. The van der Waals surface area contributed by atoms with Crippen LogP contribution in [0.3, 0.4) is 0 Å². The van der Waals surface area contributed by atoms with Crippen LogP contribution in [-0.4, -0.2) is 35.4 Å². The summed E-state index contributed by atoms with van der Waals surface area (Å²) in [6.45, 7) is 8.59. The first-order valence-electron chi connectivity index (χ1n) is 6.72. The molecule has 1 amide bonds. The van der Waals surface area contributed by atoms with Gasteiger partial charge in [-0.2, -0.15) is 0 Å². The lowest BCUT2D eigenvalue weighted by Gasteiger charge is -2.19. The molecule has 0 unspecified atom stereocenters. The van der Waals surface area contributed by atoms with Gasteiger partial charge in [-0.15, -0.1) is 0 Å². The molecule has 1 aromatic rings. The van der Waals surface area contributed by atoms with E-state index in [-0.39, 0.29) is 5.91 Å². The van der Waals surface area contributed by atoms with Gasteiger partial charge in [-0.25, -0.2) is 0 Å². The number of nitrogens with zero attached hydrogens (tertiary/aromatic N) is 2. The Morgan fingerprint density at radius 3 is 2.72 bits per heavy atom. The Morgan fingerprint density at radius 2 is 2.11 bits per heavy atom. The summed E-state index contributed by atoms with van der Waals surface area (Å²) in [5.41, 5.74) is 1.48. The molecule has 0 aliphatic carbocycles. The van der Waals surface area contributed by atoms with Gasteiger partial charge in [0, 0.05) is 31.5 Å². The van der Waals surface area contributed by atoms with Crippen LogP contribution in [0.1, 0.15) is 44.1 Å². The first kappa shape index (κ1) is 14.5. The van der Waals surface area contributed by atoms with Crippen LogP contribution in [0.5, 0.6) is 0 Å². The number of hydrogen-bond acceptors (Lipinski definition) is 3. The first-order valence-corrected chi connectivity index (χ1v) is 6.72. The second kappa shape index (κ2) is 7.69. The van der Waals surface area contributed by atoms with Gasteiger partial charge in [-0.1, -0.05) is 13.8 Å². The van der Waals surface area contributed by atoms with Crippen molar-refractivity contribution in [1.29, 1.82) is 0 Å². The molecule has 1 rings (SSSR count). The summed E-state index contributed by atoms with van der Waals surface area (Å²) in [5, 5.41) is 3.27. The zero-order chi connectivity index (χ0) is 13.4. The van der Waals surface area contributed by atoms with Gasteiger partial charge < -0.3 is 10.2 Å². The van der Waals surface area contributed by atoms with Gasteiger partial charge in [0.2, 0.25) is 0 Å². The summed E-state index contributed by atoms with van der Waals surface area (Å²) in [4.78, 5) is 18.2. The summed E-state index contributed by atoms with van der Waals surface area (Å²) in [5.74, 6) is 0.0134. The van der Waals surface area contributed by atoms with E-state index in [0.717, 1.165) is 38.2 Å². The van der Waals surface area contributed by atoms with Gasteiger partial charge >= 0.3 is 0 Å². The predicted octanol–water partition coefficient (Wildman–Crippen LogP) is 2.78. The molecule has 0 aliphatic heterocycles. The Kier molecular flexibility index (Phi) is 6.19. The normalized spacial score (nSPS) is 10.2. The standard InChI is InChI=1S/C14H23N3O/c1-4-8-15-12-7-9-16-13(11-12)14(18)17(6-3)10-5-2/h7,9,11H,4-6,8,10H2,1-3H3,(H,15,16). The Balaban J connectivity index is 2.78. The highest BCUT2D eigenvalue weighted by Crippen LogP contribution is 2.10. The summed E-state index contributed by atoms with van der Waals surface area (Å²) in [7, 11) is 0. The van der Waals surface area contributed by atoms with Crippen LogP contribution >= 0.6 is 0 Å². The maximum Gasteiger partial charge on any atom is 0.272 e. The Bertz CT molecular complexity index is 379. The summed E-state index contributed by atoms with van der Waals surface area (Å²) in [6, 6.07) is 3.72. The van der Waals surface area contributed by atoms with Crippen LogP contribution in [0.25, 0.3) is 0 Å². The van der Waals surface area contributed by atoms with Crippen molar-refractivity contribution in [2.24, 2.45) is 0 Å². The minimum Gasteiger partial charge on any atom is -0.385 e. The third-order valence-electron chi connectivity index (χ3n) is 2.72. The molecule has 4 nitrogen and oxygen atoms in total. The molecule has 0 atom stereocenters. The zero-order valence-corrected chi connectivity index (χ0v) is 11.6. The maximum absolute atomic E-state index is 12.2. The van der Waals surface area contributed by atoms with E-state index in [9.17, 15) is 4.79 Å². The van der Waals surface area contributed by atoms with Crippen LogP contribution in [0.2, 0.25) is 0 Å². The molecular weight excluding hydrogens is 226 g/mol. The summed E-state index contributed by atoms with van der Waals surface area (Å²) < 4.78 is 0. The lowest BCUT2D eigenvalue weighted by molar-refractivity contribution is 0.0758. The van der Waals surface area contributed by atoms with Gasteiger partial charge in [-0.05, 0) is 31.9 Å². The minimum absolute atomic E-state index is 0.0134. The predicted molar refractivity (Wildman–Crippen MR) is 74.9 cm³/mol. The zero-order valence-electron chi connectivity index (χ0n) is 11.6. The van der Waals surface area contributed by atoms with Crippen molar-refractivity contribution in [1.82, 2.24) is 9.88 Å². The number of amides is 1. The molecule has 18 heavy (non-hydrogen) atoms. The van der Waals surface area contributed by atoms with Gasteiger partial charge in [-0.3, -0.25) is 9.78 Å². The van der Waals surface area contributed by atoms with Crippen LogP contribution in [0.4, 0.5) is 5.69 Å². The molecule has 1 heterocycles. The molecule has 0 saturated carbocycles. The largest absolute Gasteiger partial charge is 0.385 e. The fraction of sp³-hybridized carbons (Fsp3) is 0.571. The molecule has 0 fully saturated rings. The van der Waals surface area contributed by atoms with Gasteiger partial charge in [0.05, 0.1) is 0 Å². The molecule has 4 heteroatoms. The maximum atomic E-state index is 12.2. The van der Waals surface area contributed by atoms with Crippen molar-refractivity contribution in [3.63, 3.8) is 0 Å². The Hall–Kier alpha value is -1.58. The summed E-state index contributed by atoms with van der Waals surface area (Å²) in [6.07, 6.45) is 3.71. The highest BCUT2D eigenvalue weighted by molar-refractivity contribution is 5.93. The van der Waals surface area contributed by atoms with Crippen molar-refractivity contribution in [2.45, 2.75) is 33.6 Å². The van der Waals surface area contributed by atoms with Crippen LogP contribution < -0.4 is 5.32 Å². The highest BCUT2D eigenvalue weighted by Gasteiger charge is 2.14. The molecule has 0 bridgehead atoms. The Labute approximate surface area is 109 Å². The van der Waals surface area contributed by atoms with E-state index in [2.05, 4.69) is 24.1 Å². The third-order valence-corrected chi connectivity index (χ3v) is 2.72. The van der Waals surface area contributed by atoms with Crippen molar-refractivity contribution in [3.8, 4) is 0 Å². The van der Waals surface area contributed by atoms with Gasteiger partial charge in [0.1, 0.15) is 5.69 Å². The van der Waals surface area contributed by atoms with Crippen LogP contribution in [-0.2, 0) is 0 Å². The van der Waals surface area contributed by atoms with E-state index in [4.69, 9.17) is 0 Å². The monoisotopic (exact) mass is 249 g/mol. The lowest BCUT2D eigenvalue weighted by Crippen LogP contribution is -2.32.